The van der Waals surface area contributed by atoms with Gasteiger partial charge in [-0.25, -0.2) is 24.0 Å². The minimum absolute atomic E-state index is 0.221. The van der Waals surface area contributed by atoms with E-state index in [2.05, 4.69) is 37.1 Å². The highest BCUT2D eigenvalue weighted by molar-refractivity contribution is 7.22. The van der Waals surface area contributed by atoms with Crippen LogP contribution in [0.3, 0.4) is 0 Å². The number of nitrogens with two attached hydrogens (primary N) is 1. The first-order chi connectivity index (χ1) is 19.5. The highest BCUT2D eigenvalue weighted by Gasteiger charge is 2.30. The molecule has 0 bridgehead atoms. The molecule has 0 spiro atoms. The van der Waals surface area contributed by atoms with E-state index in [1.807, 2.05) is 35.0 Å². The maximum absolute atomic E-state index is 15.4. The number of hydrogen-bond acceptors (Lipinski definition) is 9. The number of benzene rings is 2. The first-order valence-electron chi connectivity index (χ1n) is 13.9. The SMILES string of the molecule is CN1CCN([C@H]2CC[C@H](n3nc(-c4ccc(Nc5nc6ccccc6s5)c(F)c4)c4c(N)ncnc43)CC2)CC1. The third kappa shape index (κ3) is 4.67. The first-order valence-corrected chi connectivity index (χ1v) is 14.7. The van der Waals surface area contributed by atoms with Gasteiger partial charge in [0.25, 0.3) is 0 Å². The molecule has 0 atom stereocenters. The molecule has 9 nitrogen and oxygen atoms in total. The van der Waals surface area contributed by atoms with Crippen molar-refractivity contribution < 1.29 is 4.39 Å². The van der Waals surface area contributed by atoms with Crippen molar-refractivity contribution in [3.05, 3.63) is 54.6 Å². The Kier molecular flexibility index (Phi) is 6.57. The first kappa shape index (κ1) is 25.3. The number of nitrogens with zero attached hydrogens (tertiary/aromatic N) is 7. The molecule has 1 saturated carbocycles. The molecule has 2 aromatic carbocycles. The van der Waals surface area contributed by atoms with Crippen LogP contribution in [0.2, 0.25) is 0 Å². The third-order valence-electron chi connectivity index (χ3n) is 8.36. The van der Waals surface area contributed by atoms with E-state index in [0.717, 1.165) is 62.1 Å². The van der Waals surface area contributed by atoms with Crippen LogP contribution in [0.15, 0.2) is 48.8 Å². The summed E-state index contributed by atoms with van der Waals surface area (Å²) in [5.74, 6) is -0.0305. The van der Waals surface area contributed by atoms with Crippen molar-refractivity contribution in [1.82, 2.24) is 34.5 Å². The number of likely N-dealkylation sites (N-methyl/N-ethyl adjacent to an activating group) is 1. The summed E-state index contributed by atoms with van der Waals surface area (Å²) in [4.78, 5) is 18.4. The molecule has 40 heavy (non-hydrogen) atoms. The molecule has 0 unspecified atom stereocenters. The molecule has 3 aromatic heterocycles. The van der Waals surface area contributed by atoms with Crippen LogP contribution in [0.1, 0.15) is 31.7 Å². The highest BCUT2D eigenvalue weighted by Crippen LogP contribution is 2.38. The van der Waals surface area contributed by atoms with Gasteiger partial charge in [-0.3, -0.25) is 4.90 Å². The van der Waals surface area contributed by atoms with Crippen LogP contribution in [0.5, 0.6) is 0 Å². The van der Waals surface area contributed by atoms with Gasteiger partial charge in [-0.15, -0.1) is 0 Å². The molecule has 2 fully saturated rings. The minimum Gasteiger partial charge on any atom is -0.383 e. The largest absolute Gasteiger partial charge is 0.383 e. The number of aromatic nitrogens is 5. The third-order valence-corrected chi connectivity index (χ3v) is 9.31. The van der Waals surface area contributed by atoms with Gasteiger partial charge in [0.2, 0.25) is 0 Å². The number of hydrogen-bond donors (Lipinski definition) is 2. The van der Waals surface area contributed by atoms with E-state index >= 15 is 4.39 Å². The second kappa shape index (κ2) is 10.4. The Balaban J connectivity index is 1.15. The van der Waals surface area contributed by atoms with Crippen LogP contribution < -0.4 is 11.1 Å². The van der Waals surface area contributed by atoms with E-state index < -0.39 is 0 Å². The van der Waals surface area contributed by atoms with E-state index in [-0.39, 0.29) is 11.9 Å². The summed E-state index contributed by atoms with van der Waals surface area (Å²) in [5.41, 5.74) is 9.56. The number of fused-ring (bicyclic) bond motifs is 2. The Bertz CT molecular complexity index is 1630. The van der Waals surface area contributed by atoms with Crippen LogP contribution >= 0.6 is 11.3 Å². The molecule has 11 heteroatoms. The normalized spacial score (nSPS) is 20.9. The molecule has 0 radical (unpaired) electrons. The van der Waals surface area contributed by atoms with Gasteiger partial charge >= 0.3 is 0 Å². The van der Waals surface area contributed by atoms with Crippen molar-refractivity contribution in [2.24, 2.45) is 0 Å². The van der Waals surface area contributed by atoms with Crippen LogP contribution in [-0.4, -0.2) is 73.8 Å². The number of halogens is 1. The number of nitrogens with one attached hydrogen (secondary N) is 1. The van der Waals surface area contributed by atoms with E-state index in [0.29, 0.717) is 45.0 Å². The lowest BCUT2D eigenvalue weighted by Crippen LogP contribution is -2.49. The van der Waals surface area contributed by atoms with Crippen molar-refractivity contribution in [3.63, 3.8) is 0 Å². The van der Waals surface area contributed by atoms with Crippen LogP contribution in [0.25, 0.3) is 32.5 Å². The van der Waals surface area contributed by atoms with Gasteiger partial charge in [0.15, 0.2) is 10.8 Å². The summed E-state index contributed by atoms with van der Waals surface area (Å²) in [5, 5.41) is 9.44. The summed E-state index contributed by atoms with van der Waals surface area (Å²) < 4.78 is 18.4. The Morgan fingerprint density at radius 1 is 0.975 bits per heavy atom. The molecule has 1 aliphatic carbocycles. The summed E-state index contributed by atoms with van der Waals surface area (Å²) >= 11 is 1.49. The number of rotatable bonds is 5. The fourth-order valence-corrected chi connectivity index (χ4v) is 6.99. The standard InChI is InChI=1S/C29H32FN9S/c1-37-12-14-38(15-13-37)19-7-9-20(10-8-19)39-28-25(27(31)32-17-33-28)26(36-39)18-6-11-22(21(30)16-18)34-29-35-23-4-2-3-5-24(23)40-29/h2-6,11,16-17,19-20H,7-10,12-15H2,1H3,(H,34,35)(H2,31,32,33)/t19-,20-. The van der Waals surface area contributed by atoms with Gasteiger partial charge in [-0.1, -0.05) is 29.5 Å². The zero-order valence-corrected chi connectivity index (χ0v) is 23.2. The smallest absolute Gasteiger partial charge is 0.188 e. The average Bonchev–Trinajstić information content (AvgIpc) is 3.57. The quantitative estimate of drug-likeness (QED) is 0.300. The predicted molar refractivity (Wildman–Crippen MR) is 158 cm³/mol. The molecular weight excluding hydrogens is 525 g/mol. The van der Waals surface area contributed by atoms with Gasteiger partial charge in [0, 0.05) is 37.8 Å². The van der Waals surface area contributed by atoms with E-state index in [1.165, 1.54) is 23.7 Å². The number of nitrogen functional groups attached to an aromatic ring is 1. The van der Waals surface area contributed by atoms with E-state index in [9.17, 15) is 0 Å². The molecular formula is C29H32FN9S. The van der Waals surface area contributed by atoms with Crippen molar-refractivity contribution in [2.45, 2.75) is 37.8 Å². The summed E-state index contributed by atoms with van der Waals surface area (Å²) in [6.07, 6.45) is 5.80. The van der Waals surface area contributed by atoms with Gasteiger partial charge < -0.3 is 16.0 Å². The van der Waals surface area contributed by atoms with E-state index in [1.54, 1.807) is 6.07 Å². The molecule has 2 aliphatic rings. The molecule has 7 rings (SSSR count). The zero-order chi connectivity index (χ0) is 27.2. The summed E-state index contributed by atoms with van der Waals surface area (Å²) in [7, 11) is 2.20. The Labute approximate surface area is 235 Å². The molecule has 3 N–H and O–H groups in total. The van der Waals surface area contributed by atoms with Gasteiger partial charge in [-0.2, -0.15) is 5.10 Å². The Morgan fingerprint density at radius 2 is 1.75 bits per heavy atom. The highest BCUT2D eigenvalue weighted by atomic mass is 32.1. The number of para-hydroxylation sites is 1. The Hall–Kier alpha value is -3.67. The number of piperazine rings is 1. The maximum atomic E-state index is 15.4. The molecule has 5 aromatic rings. The van der Waals surface area contributed by atoms with Crippen molar-refractivity contribution in [1.29, 1.82) is 0 Å². The topological polar surface area (TPSA) is 101 Å². The van der Waals surface area contributed by atoms with E-state index in [4.69, 9.17) is 10.8 Å². The number of thiazole rings is 1. The average molecular weight is 558 g/mol. The maximum Gasteiger partial charge on any atom is 0.188 e. The molecule has 206 valence electrons. The second-order valence-corrected chi connectivity index (χ2v) is 11.9. The van der Waals surface area contributed by atoms with Gasteiger partial charge in [0.05, 0.1) is 27.3 Å². The van der Waals surface area contributed by atoms with Gasteiger partial charge in [0.1, 0.15) is 23.7 Å². The lowest BCUT2D eigenvalue weighted by molar-refractivity contribution is 0.0815. The summed E-state index contributed by atoms with van der Waals surface area (Å²) in [6.45, 7) is 4.54. The van der Waals surface area contributed by atoms with Crippen LogP contribution in [-0.2, 0) is 0 Å². The fraction of sp³-hybridized carbons (Fsp3) is 0.379. The van der Waals surface area contributed by atoms with Crippen molar-refractivity contribution >= 4 is 49.2 Å². The lowest BCUT2D eigenvalue weighted by Gasteiger charge is -2.41. The Morgan fingerprint density at radius 3 is 2.52 bits per heavy atom. The van der Waals surface area contributed by atoms with Gasteiger partial charge in [-0.05, 0) is 57.0 Å². The number of anilines is 3. The van der Waals surface area contributed by atoms with Crippen molar-refractivity contribution in [2.75, 3.05) is 44.3 Å². The van der Waals surface area contributed by atoms with Crippen LogP contribution in [0.4, 0.5) is 21.0 Å². The molecule has 0 amide bonds. The lowest BCUT2D eigenvalue weighted by atomic mass is 9.90. The predicted octanol–water partition coefficient (Wildman–Crippen LogP) is 5.30. The zero-order valence-electron chi connectivity index (χ0n) is 22.4. The summed E-state index contributed by atoms with van der Waals surface area (Å²) in [6, 6.07) is 13.8. The molecule has 4 heterocycles. The molecule has 1 aliphatic heterocycles. The second-order valence-electron chi connectivity index (χ2n) is 10.9. The fourth-order valence-electron chi connectivity index (χ4n) is 6.11. The monoisotopic (exact) mass is 557 g/mol. The van der Waals surface area contributed by atoms with Crippen molar-refractivity contribution in [3.8, 4) is 11.3 Å². The minimum atomic E-state index is -0.387. The van der Waals surface area contributed by atoms with Crippen LogP contribution in [0, 0.1) is 5.82 Å². The molecule has 1 saturated heterocycles.